The van der Waals surface area contributed by atoms with Crippen LogP contribution in [0.4, 0.5) is 11.4 Å². The predicted octanol–water partition coefficient (Wildman–Crippen LogP) is 1.83. The number of nitrogens with one attached hydrogen (secondary N) is 1. The van der Waals surface area contributed by atoms with E-state index >= 15 is 0 Å². The van der Waals surface area contributed by atoms with E-state index < -0.39 is 5.97 Å². The highest BCUT2D eigenvalue weighted by molar-refractivity contribution is 5.97. The zero-order chi connectivity index (χ0) is 15.6. The zero-order valence-corrected chi connectivity index (χ0v) is 12.9. The van der Waals surface area contributed by atoms with E-state index in [1.54, 1.807) is 13.2 Å². The first kappa shape index (κ1) is 15.4. The van der Waals surface area contributed by atoms with Crippen LogP contribution < -0.4 is 15.8 Å². The number of rotatable bonds is 5. The fourth-order valence-corrected chi connectivity index (χ4v) is 2.52. The normalized spacial score (nSPS) is 15.2. The number of methoxy groups -OCH3 is 2. The molecule has 21 heavy (non-hydrogen) atoms. The molecule has 0 unspecified atom stereocenters. The summed E-state index contributed by atoms with van der Waals surface area (Å²) in [7, 11) is 2.98. The van der Waals surface area contributed by atoms with Crippen LogP contribution in [0.2, 0.25) is 0 Å². The van der Waals surface area contributed by atoms with E-state index in [4.69, 9.17) is 19.9 Å². The zero-order valence-electron chi connectivity index (χ0n) is 12.9. The van der Waals surface area contributed by atoms with Crippen LogP contribution in [0, 0.1) is 0 Å². The molecule has 1 aliphatic rings. The summed E-state index contributed by atoms with van der Waals surface area (Å²) in [5, 5.41) is 3.25. The molecule has 0 saturated carbocycles. The molecule has 1 heterocycles. The molecule has 6 nitrogen and oxygen atoms in total. The van der Waals surface area contributed by atoms with Crippen LogP contribution in [-0.4, -0.2) is 38.9 Å². The average molecular weight is 294 g/mol. The molecule has 0 aromatic heterocycles. The van der Waals surface area contributed by atoms with Gasteiger partial charge < -0.3 is 25.3 Å². The van der Waals surface area contributed by atoms with Crippen molar-refractivity contribution in [2.24, 2.45) is 0 Å². The van der Waals surface area contributed by atoms with Crippen molar-refractivity contribution in [2.45, 2.75) is 25.9 Å². The molecular weight excluding hydrogens is 272 g/mol. The van der Waals surface area contributed by atoms with Gasteiger partial charge in [0.05, 0.1) is 25.1 Å². The van der Waals surface area contributed by atoms with Crippen molar-refractivity contribution >= 4 is 17.3 Å². The lowest BCUT2D eigenvalue weighted by Gasteiger charge is -2.17. The molecule has 0 aliphatic carbocycles. The number of anilines is 2. The minimum Gasteiger partial charge on any atom is -0.486 e. The van der Waals surface area contributed by atoms with Crippen molar-refractivity contribution in [3.05, 3.63) is 17.2 Å². The minimum absolute atomic E-state index is 0.368. The Hall–Kier alpha value is -1.95. The minimum atomic E-state index is -0.445. The van der Waals surface area contributed by atoms with E-state index in [0.717, 1.165) is 11.3 Å². The maximum atomic E-state index is 11.9. The van der Waals surface area contributed by atoms with Crippen LogP contribution in [0.15, 0.2) is 6.07 Å². The van der Waals surface area contributed by atoms with Crippen LogP contribution >= 0.6 is 0 Å². The summed E-state index contributed by atoms with van der Waals surface area (Å²) in [5.74, 6) is 0.111. The maximum Gasteiger partial charge on any atom is 0.341 e. The van der Waals surface area contributed by atoms with Crippen LogP contribution in [-0.2, 0) is 15.9 Å². The van der Waals surface area contributed by atoms with Gasteiger partial charge in [-0.05, 0) is 19.9 Å². The number of hydrogen-bond donors (Lipinski definition) is 2. The molecule has 1 aromatic carbocycles. The topological polar surface area (TPSA) is 82.8 Å². The largest absolute Gasteiger partial charge is 0.486 e. The Morgan fingerprint density at radius 1 is 1.48 bits per heavy atom. The first-order valence-electron chi connectivity index (χ1n) is 6.85. The van der Waals surface area contributed by atoms with E-state index in [2.05, 4.69) is 5.32 Å². The number of hydrogen-bond acceptors (Lipinski definition) is 6. The van der Waals surface area contributed by atoms with E-state index in [1.165, 1.54) is 7.11 Å². The van der Waals surface area contributed by atoms with Crippen molar-refractivity contribution in [1.29, 1.82) is 0 Å². The Morgan fingerprint density at radius 3 is 2.81 bits per heavy atom. The molecule has 0 atom stereocenters. The Balaban J connectivity index is 2.45. The number of fused-ring (bicyclic) bond motifs is 1. The third kappa shape index (κ3) is 3.05. The van der Waals surface area contributed by atoms with Gasteiger partial charge in [-0.25, -0.2) is 4.79 Å². The summed E-state index contributed by atoms with van der Waals surface area (Å²) in [6, 6.07) is 1.60. The fraction of sp³-hybridized carbons (Fsp3) is 0.533. The van der Waals surface area contributed by atoms with Crippen LogP contribution in [0.1, 0.15) is 29.8 Å². The summed E-state index contributed by atoms with van der Waals surface area (Å²) in [6.07, 6.45) is 0.673. The number of nitrogens with two attached hydrogens (primary N) is 1. The fourth-order valence-electron chi connectivity index (χ4n) is 2.52. The van der Waals surface area contributed by atoms with Gasteiger partial charge in [0.25, 0.3) is 0 Å². The summed E-state index contributed by atoms with van der Waals surface area (Å²) in [5.41, 5.74) is 8.31. The average Bonchev–Trinajstić information content (AvgIpc) is 2.75. The standard InChI is InChI=1S/C15H22N2O4/c1-15(2)8-10-12(17-5-6-19-3)11(16)7-9(13(10)21-15)14(18)20-4/h7,17H,5-6,8,16H2,1-4H3. The van der Waals surface area contributed by atoms with Crippen molar-refractivity contribution in [3.63, 3.8) is 0 Å². The molecule has 0 amide bonds. The van der Waals surface area contributed by atoms with Gasteiger partial charge in [-0.1, -0.05) is 0 Å². The van der Waals surface area contributed by atoms with Gasteiger partial charge in [0.15, 0.2) is 0 Å². The lowest BCUT2D eigenvalue weighted by Crippen LogP contribution is -2.25. The molecule has 6 heteroatoms. The molecule has 0 saturated heterocycles. The quantitative estimate of drug-likeness (QED) is 0.490. The van der Waals surface area contributed by atoms with E-state index in [9.17, 15) is 4.79 Å². The van der Waals surface area contributed by atoms with Crippen LogP contribution in [0.3, 0.4) is 0 Å². The second-order valence-electron chi connectivity index (χ2n) is 5.65. The lowest BCUT2D eigenvalue weighted by atomic mass is 9.97. The Labute approximate surface area is 124 Å². The molecule has 3 N–H and O–H groups in total. The molecule has 2 rings (SSSR count). The summed E-state index contributed by atoms with van der Waals surface area (Å²) in [4.78, 5) is 11.9. The van der Waals surface area contributed by atoms with Crippen molar-refractivity contribution in [1.82, 2.24) is 0 Å². The first-order valence-corrected chi connectivity index (χ1v) is 6.85. The SMILES string of the molecule is COCCNc1c(N)cc(C(=O)OC)c2c1CC(C)(C)O2. The van der Waals surface area contributed by atoms with Crippen molar-refractivity contribution in [3.8, 4) is 5.75 Å². The molecule has 1 aliphatic heterocycles. The molecule has 0 bridgehead atoms. The number of carbonyl (C=O) groups is 1. The predicted molar refractivity (Wildman–Crippen MR) is 81.0 cm³/mol. The maximum absolute atomic E-state index is 11.9. The lowest BCUT2D eigenvalue weighted by molar-refractivity contribution is 0.0590. The van der Waals surface area contributed by atoms with Crippen LogP contribution in [0.5, 0.6) is 5.75 Å². The van der Waals surface area contributed by atoms with Gasteiger partial charge >= 0.3 is 5.97 Å². The molecule has 0 spiro atoms. The third-order valence-corrected chi connectivity index (χ3v) is 3.40. The number of benzene rings is 1. The van der Waals surface area contributed by atoms with E-state index in [1.807, 2.05) is 13.8 Å². The second kappa shape index (κ2) is 5.81. The number of carbonyl (C=O) groups excluding carboxylic acids is 1. The molecule has 0 fully saturated rings. The van der Waals surface area contributed by atoms with Gasteiger partial charge in [0, 0.05) is 25.6 Å². The summed E-state index contributed by atoms with van der Waals surface area (Å²) in [6.45, 7) is 5.15. The van der Waals surface area contributed by atoms with Crippen molar-refractivity contribution < 1.29 is 19.0 Å². The van der Waals surface area contributed by atoms with Gasteiger partial charge in [-0.3, -0.25) is 0 Å². The molecule has 0 radical (unpaired) electrons. The smallest absolute Gasteiger partial charge is 0.341 e. The summed E-state index contributed by atoms with van der Waals surface area (Å²) < 4.78 is 15.8. The molecule has 116 valence electrons. The first-order chi connectivity index (χ1) is 9.89. The monoisotopic (exact) mass is 294 g/mol. The highest BCUT2D eigenvalue weighted by atomic mass is 16.5. The van der Waals surface area contributed by atoms with Crippen LogP contribution in [0.25, 0.3) is 0 Å². The summed E-state index contributed by atoms with van der Waals surface area (Å²) >= 11 is 0. The highest BCUT2D eigenvalue weighted by Crippen LogP contribution is 2.44. The highest BCUT2D eigenvalue weighted by Gasteiger charge is 2.36. The van der Waals surface area contributed by atoms with E-state index in [0.29, 0.717) is 36.6 Å². The van der Waals surface area contributed by atoms with Gasteiger partial charge in [0.2, 0.25) is 0 Å². The Bertz CT molecular complexity index is 555. The number of nitrogen functional groups attached to an aromatic ring is 1. The van der Waals surface area contributed by atoms with Gasteiger partial charge in [0.1, 0.15) is 16.9 Å². The molecular formula is C15H22N2O4. The van der Waals surface area contributed by atoms with E-state index in [-0.39, 0.29) is 5.60 Å². The Kier molecular flexibility index (Phi) is 4.27. The number of esters is 1. The third-order valence-electron chi connectivity index (χ3n) is 3.40. The molecule has 1 aromatic rings. The number of ether oxygens (including phenoxy) is 3. The second-order valence-corrected chi connectivity index (χ2v) is 5.65. The van der Waals surface area contributed by atoms with Crippen molar-refractivity contribution in [2.75, 3.05) is 38.4 Å². The van der Waals surface area contributed by atoms with Gasteiger partial charge in [-0.2, -0.15) is 0 Å². The van der Waals surface area contributed by atoms with Gasteiger partial charge in [-0.15, -0.1) is 0 Å². The Morgan fingerprint density at radius 2 is 2.19 bits per heavy atom.